The monoisotopic (exact) mass is 455 g/mol. The van der Waals surface area contributed by atoms with Crippen molar-refractivity contribution in [1.29, 1.82) is 0 Å². The van der Waals surface area contributed by atoms with E-state index >= 15 is 0 Å². The zero-order chi connectivity index (χ0) is 24.6. The Labute approximate surface area is 194 Å². The molecule has 0 aliphatic rings. The average Bonchev–Trinajstić information content (AvgIpc) is 2.71. The van der Waals surface area contributed by atoms with Crippen LogP contribution in [0.5, 0.6) is 0 Å². The van der Waals surface area contributed by atoms with Crippen LogP contribution in [-0.4, -0.2) is 58.8 Å². The van der Waals surface area contributed by atoms with Gasteiger partial charge in [-0.05, 0) is 39.5 Å². The van der Waals surface area contributed by atoms with Gasteiger partial charge in [0.05, 0.1) is 26.2 Å². The Hall–Kier alpha value is -1.89. The molecule has 0 aliphatic heterocycles. The smallest absolute Gasteiger partial charge is 0.311 e. The molecule has 0 aromatic heterocycles. The van der Waals surface area contributed by atoms with E-state index in [2.05, 4.69) is 6.58 Å². The number of quaternary nitrogens is 1. The first-order chi connectivity index (χ1) is 15.0. The molecule has 3 unspecified atom stereocenters. The van der Waals surface area contributed by atoms with Gasteiger partial charge in [-0.2, -0.15) is 0 Å². The summed E-state index contributed by atoms with van der Waals surface area (Å²) in [5, 5.41) is 30.3. The maximum Gasteiger partial charge on any atom is 0.311 e. The van der Waals surface area contributed by atoms with Gasteiger partial charge in [0.2, 0.25) is 0 Å². The molecule has 0 aliphatic carbocycles. The highest BCUT2D eigenvalue weighted by atomic mass is 16.4. The fourth-order valence-electron chi connectivity index (χ4n) is 4.44. The lowest BCUT2D eigenvalue weighted by molar-refractivity contribution is -0.934. The van der Waals surface area contributed by atoms with Gasteiger partial charge in [0.1, 0.15) is 11.8 Å². The first kappa shape index (κ1) is 30.1. The molecule has 0 aromatic carbocycles. The Balaban J connectivity index is 4.89. The van der Waals surface area contributed by atoms with Crippen LogP contribution < -0.4 is 5.11 Å². The van der Waals surface area contributed by atoms with E-state index in [0.29, 0.717) is 6.54 Å². The molecule has 0 saturated carbocycles. The van der Waals surface area contributed by atoms with Crippen LogP contribution in [0.1, 0.15) is 85.0 Å². The lowest BCUT2D eigenvalue weighted by atomic mass is 10.00. The SMILES string of the molecule is C=CCCCCCCCCCCC[N+](CC(C)C(=O)[O-])(CC(C)C(=O)O)CC(C)C(=O)O. The minimum Gasteiger partial charge on any atom is -0.550 e. The number of carboxylic acid groups (broad SMARTS) is 3. The molecule has 0 heterocycles. The fraction of sp³-hybridized carbons (Fsp3) is 0.800. The minimum atomic E-state index is -1.19. The summed E-state index contributed by atoms with van der Waals surface area (Å²) in [5.74, 6) is -5.25. The van der Waals surface area contributed by atoms with Gasteiger partial charge in [-0.15, -0.1) is 6.58 Å². The molecular weight excluding hydrogens is 410 g/mol. The van der Waals surface area contributed by atoms with Gasteiger partial charge in [0.15, 0.2) is 0 Å². The van der Waals surface area contributed by atoms with E-state index in [1.165, 1.54) is 32.1 Å². The van der Waals surface area contributed by atoms with Crippen LogP contribution >= 0.6 is 0 Å². The van der Waals surface area contributed by atoms with Crippen LogP contribution in [0.4, 0.5) is 0 Å². The Morgan fingerprint density at radius 1 is 0.750 bits per heavy atom. The van der Waals surface area contributed by atoms with Gasteiger partial charge in [-0.25, -0.2) is 0 Å². The Morgan fingerprint density at radius 3 is 1.50 bits per heavy atom. The van der Waals surface area contributed by atoms with Gasteiger partial charge >= 0.3 is 11.9 Å². The van der Waals surface area contributed by atoms with E-state index < -0.39 is 35.7 Å². The summed E-state index contributed by atoms with van der Waals surface area (Å²) in [6.07, 6.45) is 13.2. The fourth-order valence-corrected chi connectivity index (χ4v) is 4.44. The van der Waals surface area contributed by atoms with Crippen molar-refractivity contribution in [2.24, 2.45) is 17.8 Å². The molecule has 0 saturated heterocycles. The molecule has 0 fully saturated rings. The molecule has 0 aromatic rings. The first-order valence-corrected chi connectivity index (χ1v) is 12.2. The lowest BCUT2D eigenvalue weighted by Crippen LogP contribution is -2.58. The molecule has 7 heteroatoms. The van der Waals surface area contributed by atoms with Crippen molar-refractivity contribution >= 4 is 17.9 Å². The van der Waals surface area contributed by atoms with Crippen LogP contribution in [0.3, 0.4) is 0 Å². The number of carbonyl (C=O) groups is 3. The number of nitrogens with zero attached hydrogens (tertiary/aromatic N) is 1. The van der Waals surface area contributed by atoms with Gasteiger partial charge in [-0.1, -0.05) is 51.5 Å². The molecule has 0 bridgehead atoms. The summed E-state index contributed by atoms with van der Waals surface area (Å²) in [4.78, 5) is 34.4. The van der Waals surface area contributed by atoms with E-state index in [9.17, 15) is 29.7 Å². The maximum absolute atomic E-state index is 11.5. The lowest BCUT2D eigenvalue weighted by Gasteiger charge is -2.43. The van der Waals surface area contributed by atoms with E-state index in [1.54, 1.807) is 20.8 Å². The van der Waals surface area contributed by atoms with E-state index in [0.717, 1.165) is 32.1 Å². The second-order valence-corrected chi connectivity index (χ2v) is 9.57. The average molecular weight is 456 g/mol. The van der Waals surface area contributed by atoms with Crippen molar-refractivity contribution in [3.63, 3.8) is 0 Å². The molecule has 3 atom stereocenters. The molecule has 32 heavy (non-hydrogen) atoms. The predicted octanol–water partition coefficient (Wildman–Crippen LogP) is 3.72. The summed E-state index contributed by atoms with van der Waals surface area (Å²) in [6.45, 7) is 9.67. The zero-order valence-electron chi connectivity index (χ0n) is 20.4. The van der Waals surface area contributed by atoms with Crippen molar-refractivity contribution in [1.82, 2.24) is 0 Å². The zero-order valence-corrected chi connectivity index (χ0v) is 20.4. The molecule has 0 radical (unpaired) electrons. The Bertz CT molecular complexity index is 522. The van der Waals surface area contributed by atoms with E-state index in [4.69, 9.17) is 0 Å². The molecular formula is C25H45NO6. The third kappa shape index (κ3) is 13.5. The summed E-state index contributed by atoms with van der Waals surface area (Å²) in [7, 11) is 0. The largest absolute Gasteiger partial charge is 0.550 e. The number of allylic oxidation sites excluding steroid dienone is 1. The molecule has 2 N–H and O–H groups in total. The van der Waals surface area contributed by atoms with Crippen molar-refractivity contribution < 1.29 is 34.2 Å². The van der Waals surface area contributed by atoms with Crippen molar-refractivity contribution in [3.05, 3.63) is 12.7 Å². The molecule has 0 amide bonds. The van der Waals surface area contributed by atoms with Crippen molar-refractivity contribution in [2.45, 2.75) is 85.0 Å². The predicted molar refractivity (Wildman–Crippen MR) is 124 cm³/mol. The van der Waals surface area contributed by atoms with Gasteiger partial charge < -0.3 is 24.6 Å². The highest BCUT2D eigenvalue weighted by Gasteiger charge is 2.36. The molecule has 7 nitrogen and oxygen atoms in total. The summed E-state index contributed by atoms with van der Waals surface area (Å²) in [5.41, 5.74) is 0. The van der Waals surface area contributed by atoms with E-state index in [1.807, 2.05) is 6.08 Å². The highest BCUT2D eigenvalue weighted by Crippen LogP contribution is 2.22. The molecule has 186 valence electrons. The van der Waals surface area contributed by atoms with Crippen LogP contribution in [0.25, 0.3) is 0 Å². The summed E-state index contributed by atoms with van der Waals surface area (Å²) < 4.78 is 0.180. The number of carboxylic acids is 3. The maximum atomic E-state index is 11.5. The second kappa shape index (κ2) is 16.7. The van der Waals surface area contributed by atoms with Crippen molar-refractivity contribution in [3.8, 4) is 0 Å². The van der Waals surface area contributed by atoms with Gasteiger partial charge in [0, 0.05) is 11.9 Å². The van der Waals surface area contributed by atoms with Crippen LogP contribution in [-0.2, 0) is 14.4 Å². The van der Waals surface area contributed by atoms with E-state index in [-0.39, 0.29) is 24.1 Å². The minimum absolute atomic E-state index is 0.180. The topological polar surface area (TPSA) is 115 Å². The number of aliphatic carboxylic acids is 3. The standard InChI is InChI=1S/C25H45NO6/c1-5-6-7-8-9-10-11-12-13-14-15-16-26(17-20(2)23(27)28,18-21(3)24(29)30)19-22(4)25(31)32/h5,20-22H,1,6-19H2,2-4H3,(H2-,27,28,29,30,31,32). The molecule has 0 spiro atoms. The number of carbonyl (C=O) groups excluding carboxylic acids is 1. The van der Waals surface area contributed by atoms with Crippen molar-refractivity contribution in [2.75, 3.05) is 26.2 Å². The number of unbranched alkanes of at least 4 members (excludes halogenated alkanes) is 9. The van der Waals surface area contributed by atoms with Crippen LogP contribution in [0.15, 0.2) is 12.7 Å². The van der Waals surface area contributed by atoms with Crippen LogP contribution in [0.2, 0.25) is 0 Å². The first-order valence-electron chi connectivity index (χ1n) is 12.2. The molecule has 0 rings (SSSR count). The van der Waals surface area contributed by atoms with Gasteiger partial charge in [-0.3, -0.25) is 9.59 Å². The normalized spacial score (nSPS) is 16.0. The van der Waals surface area contributed by atoms with Crippen LogP contribution in [0, 0.1) is 17.8 Å². The third-order valence-corrected chi connectivity index (χ3v) is 6.27. The summed E-state index contributed by atoms with van der Waals surface area (Å²) >= 11 is 0. The Kier molecular flexibility index (Phi) is 15.7. The Morgan fingerprint density at radius 2 is 1.12 bits per heavy atom. The number of hydrogen-bond donors (Lipinski definition) is 2. The second-order valence-electron chi connectivity index (χ2n) is 9.57. The third-order valence-electron chi connectivity index (χ3n) is 6.27. The van der Waals surface area contributed by atoms with Gasteiger partial charge in [0.25, 0.3) is 0 Å². The highest BCUT2D eigenvalue weighted by molar-refractivity contribution is 5.70. The number of rotatable bonds is 21. The number of hydrogen-bond acceptors (Lipinski definition) is 4. The quantitative estimate of drug-likeness (QED) is 0.155. The summed E-state index contributed by atoms with van der Waals surface area (Å²) in [6, 6.07) is 0.